The van der Waals surface area contributed by atoms with E-state index in [0.29, 0.717) is 17.5 Å². The maximum atomic E-state index is 11.3. The number of nitrogens with zero attached hydrogens (tertiary/aromatic N) is 1. The number of nitrogens with one attached hydrogen (secondary N) is 1. The molecule has 2 unspecified atom stereocenters. The predicted molar refractivity (Wildman–Crippen MR) is 73.4 cm³/mol. The summed E-state index contributed by atoms with van der Waals surface area (Å²) in [5.74, 6) is 3.22. The van der Waals surface area contributed by atoms with E-state index in [1.54, 1.807) is 0 Å². The molecule has 2 atom stereocenters. The molecule has 0 aliphatic carbocycles. The summed E-state index contributed by atoms with van der Waals surface area (Å²) in [5.41, 5.74) is 0. The number of rotatable bonds is 5. The first kappa shape index (κ1) is 13.6. The average Bonchev–Trinajstić information content (AvgIpc) is 2.87. The van der Waals surface area contributed by atoms with Crippen LogP contribution in [0.4, 0.5) is 0 Å². The highest BCUT2D eigenvalue weighted by Gasteiger charge is 2.27. The van der Waals surface area contributed by atoms with E-state index < -0.39 is 9.84 Å². The van der Waals surface area contributed by atoms with E-state index in [9.17, 15) is 8.42 Å². The minimum absolute atomic E-state index is 0.186. The number of hydrogen-bond donors (Lipinski definition) is 1. The van der Waals surface area contributed by atoms with Crippen molar-refractivity contribution in [2.24, 2.45) is 0 Å². The minimum atomic E-state index is -2.74. The van der Waals surface area contributed by atoms with E-state index in [-0.39, 0.29) is 6.04 Å². The highest BCUT2D eigenvalue weighted by atomic mass is 32.2. The SMILES string of the molecule is CN(CCNC1CCS(=O)(=O)C1)C1CCSC1. The second-order valence-electron chi connectivity index (χ2n) is 5.05. The lowest BCUT2D eigenvalue weighted by atomic mass is 10.2. The molecule has 0 radical (unpaired) electrons. The standard InChI is InChI=1S/C11H22N2O2S2/c1-13(11-2-6-16-8-11)5-4-12-10-3-7-17(14,15)9-10/h10-12H,2-9H2,1H3. The van der Waals surface area contributed by atoms with Gasteiger partial charge in [-0.15, -0.1) is 0 Å². The second-order valence-corrected chi connectivity index (χ2v) is 8.43. The van der Waals surface area contributed by atoms with Gasteiger partial charge in [0, 0.05) is 30.9 Å². The van der Waals surface area contributed by atoms with Gasteiger partial charge in [0.1, 0.15) is 0 Å². The Balaban J connectivity index is 1.63. The molecule has 2 saturated heterocycles. The van der Waals surface area contributed by atoms with Gasteiger partial charge < -0.3 is 10.2 Å². The lowest BCUT2D eigenvalue weighted by Gasteiger charge is -2.24. The van der Waals surface area contributed by atoms with Crippen LogP contribution >= 0.6 is 11.8 Å². The third kappa shape index (κ3) is 4.12. The van der Waals surface area contributed by atoms with Crippen LogP contribution in [0.2, 0.25) is 0 Å². The third-order valence-corrected chi connectivity index (χ3v) is 6.57. The molecular weight excluding hydrogens is 256 g/mol. The molecule has 100 valence electrons. The van der Waals surface area contributed by atoms with Crippen molar-refractivity contribution in [3.63, 3.8) is 0 Å². The number of thioether (sulfide) groups is 1. The van der Waals surface area contributed by atoms with E-state index in [4.69, 9.17) is 0 Å². The maximum Gasteiger partial charge on any atom is 0.151 e. The number of hydrogen-bond acceptors (Lipinski definition) is 5. The van der Waals surface area contributed by atoms with Gasteiger partial charge in [-0.25, -0.2) is 8.42 Å². The molecule has 0 saturated carbocycles. The fourth-order valence-corrected chi connectivity index (χ4v) is 5.46. The molecule has 2 fully saturated rings. The Morgan fingerprint density at radius 1 is 1.41 bits per heavy atom. The molecular formula is C11H22N2O2S2. The normalized spacial score (nSPS) is 32.4. The van der Waals surface area contributed by atoms with Gasteiger partial charge in [-0.2, -0.15) is 11.8 Å². The average molecular weight is 278 g/mol. The Hall–Kier alpha value is 0.220. The highest BCUT2D eigenvalue weighted by molar-refractivity contribution is 7.99. The van der Waals surface area contributed by atoms with Crippen LogP contribution in [0.25, 0.3) is 0 Å². The summed E-state index contributed by atoms with van der Waals surface area (Å²) in [6.45, 7) is 1.92. The molecule has 2 heterocycles. The zero-order chi connectivity index (χ0) is 12.3. The zero-order valence-electron chi connectivity index (χ0n) is 10.4. The molecule has 2 rings (SSSR count). The first-order valence-electron chi connectivity index (χ1n) is 6.28. The molecule has 0 spiro atoms. The Kier molecular flexibility index (Phi) is 4.74. The van der Waals surface area contributed by atoms with Crippen LogP contribution in [0, 0.1) is 0 Å². The van der Waals surface area contributed by atoms with Crippen LogP contribution < -0.4 is 5.32 Å². The van der Waals surface area contributed by atoms with Gasteiger partial charge in [-0.1, -0.05) is 0 Å². The van der Waals surface area contributed by atoms with Gasteiger partial charge in [0.15, 0.2) is 9.84 Å². The first-order chi connectivity index (χ1) is 8.07. The molecule has 17 heavy (non-hydrogen) atoms. The monoisotopic (exact) mass is 278 g/mol. The Morgan fingerprint density at radius 3 is 2.82 bits per heavy atom. The van der Waals surface area contributed by atoms with Crippen LogP contribution in [-0.4, -0.2) is 68.5 Å². The van der Waals surface area contributed by atoms with Crippen LogP contribution in [0.1, 0.15) is 12.8 Å². The Morgan fingerprint density at radius 2 is 2.24 bits per heavy atom. The minimum Gasteiger partial charge on any atom is -0.312 e. The number of sulfone groups is 1. The lowest BCUT2D eigenvalue weighted by Crippen LogP contribution is -2.40. The van der Waals surface area contributed by atoms with Crippen LogP contribution in [0.5, 0.6) is 0 Å². The second kappa shape index (κ2) is 5.91. The van der Waals surface area contributed by atoms with Crippen molar-refractivity contribution in [3.05, 3.63) is 0 Å². The van der Waals surface area contributed by atoms with Crippen molar-refractivity contribution in [1.82, 2.24) is 10.2 Å². The van der Waals surface area contributed by atoms with Crippen LogP contribution in [0.15, 0.2) is 0 Å². The quantitative estimate of drug-likeness (QED) is 0.778. The van der Waals surface area contributed by atoms with E-state index in [1.807, 2.05) is 11.8 Å². The molecule has 6 heteroatoms. The topological polar surface area (TPSA) is 49.4 Å². The van der Waals surface area contributed by atoms with E-state index >= 15 is 0 Å². The van der Waals surface area contributed by atoms with Gasteiger partial charge in [0.2, 0.25) is 0 Å². The molecule has 2 aliphatic heterocycles. The summed E-state index contributed by atoms with van der Waals surface area (Å²) in [4.78, 5) is 2.40. The van der Waals surface area contributed by atoms with Gasteiger partial charge in [-0.05, 0) is 25.6 Å². The van der Waals surface area contributed by atoms with E-state index in [0.717, 1.165) is 19.5 Å². The van der Waals surface area contributed by atoms with Gasteiger partial charge >= 0.3 is 0 Å². The van der Waals surface area contributed by atoms with Crippen LogP contribution in [-0.2, 0) is 9.84 Å². The lowest BCUT2D eigenvalue weighted by molar-refractivity contribution is 0.259. The van der Waals surface area contributed by atoms with E-state index in [1.165, 1.54) is 17.9 Å². The van der Waals surface area contributed by atoms with Gasteiger partial charge in [0.05, 0.1) is 11.5 Å². The molecule has 0 amide bonds. The summed E-state index contributed by atoms with van der Waals surface area (Å²) in [6.07, 6.45) is 2.07. The third-order valence-electron chi connectivity index (χ3n) is 3.66. The molecule has 0 bridgehead atoms. The van der Waals surface area contributed by atoms with Crippen LogP contribution in [0.3, 0.4) is 0 Å². The Labute approximate surface area is 108 Å². The summed E-state index contributed by atoms with van der Waals surface area (Å²) < 4.78 is 22.6. The van der Waals surface area contributed by atoms with Crippen molar-refractivity contribution >= 4 is 21.6 Å². The first-order valence-corrected chi connectivity index (χ1v) is 9.26. The molecule has 2 aliphatic rings. The molecule has 0 aromatic heterocycles. The van der Waals surface area contributed by atoms with Gasteiger partial charge in [0.25, 0.3) is 0 Å². The summed E-state index contributed by atoms with van der Waals surface area (Å²) in [5, 5.41) is 3.36. The van der Waals surface area contributed by atoms with Crippen molar-refractivity contribution < 1.29 is 8.42 Å². The fourth-order valence-electron chi connectivity index (χ4n) is 2.45. The summed E-state index contributed by atoms with van der Waals surface area (Å²) >= 11 is 2.03. The van der Waals surface area contributed by atoms with Crippen molar-refractivity contribution in [2.75, 3.05) is 43.1 Å². The molecule has 0 aromatic rings. The van der Waals surface area contributed by atoms with E-state index in [2.05, 4.69) is 17.3 Å². The smallest absolute Gasteiger partial charge is 0.151 e. The van der Waals surface area contributed by atoms with Crippen molar-refractivity contribution in [1.29, 1.82) is 0 Å². The Bertz CT molecular complexity index is 339. The highest BCUT2D eigenvalue weighted by Crippen LogP contribution is 2.20. The van der Waals surface area contributed by atoms with Gasteiger partial charge in [-0.3, -0.25) is 0 Å². The molecule has 0 aromatic carbocycles. The largest absolute Gasteiger partial charge is 0.312 e. The van der Waals surface area contributed by atoms with Crippen molar-refractivity contribution in [2.45, 2.75) is 24.9 Å². The summed E-state index contributed by atoms with van der Waals surface area (Å²) in [6, 6.07) is 0.903. The zero-order valence-corrected chi connectivity index (χ0v) is 12.0. The molecule has 1 N–H and O–H groups in total. The predicted octanol–water partition coefficient (Wildman–Crippen LogP) is 0.200. The molecule has 4 nitrogen and oxygen atoms in total. The number of likely N-dealkylation sites (N-methyl/N-ethyl adjacent to an activating group) is 1. The van der Waals surface area contributed by atoms with Crippen molar-refractivity contribution in [3.8, 4) is 0 Å². The maximum absolute atomic E-state index is 11.3. The fraction of sp³-hybridized carbons (Fsp3) is 1.00. The summed E-state index contributed by atoms with van der Waals surface area (Å²) in [7, 11) is -0.571.